The van der Waals surface area contributed by atoms with Crippen LogP contribution in [0.15, 0.2) is 35.1 Å². The minimum Gasteiger partial charge on any atom is -0.497 e. The van der Waals surface area contributed by atoms with E-state index in [4.69, 9.17) is 18.9 Å². The molecule has 0 atom stereocenters. The van der Waals surface area contributed by atoms with Gasteiger partial charge in [0.15, 0.2) is 11.5 Å². The van der Waals surface area contributed by atoms with Crippen LogP contribution in [0.4, 0.5) is 0 Å². The number of aromatic nitrogens is 2. The molecule has 0 aliphatic carbocycles. The quantitative estimate of drug-likeness (QED) is 0.577. The highest BCUT2D eigenvalue weighted by atomic mass is 16.5. The summed E-state index contributed by atoms with van der Waals surface area (Å²) in [5, 5.41) is 0.453. The first kappa shape index (κ1) is 21.4. The summed E-state index contributed by atoms with van der Waals surface area (Å²) < 4.78 is 21.4. The van der Waals surface area contributed by atoms with Crippen LogP contribution in [0.5, 0.6) is 23.0 Å². The Labute approximate surface area is 175 Å². The van der Waals surface area contributed by atoms with Crippen molar-refractivity contribution in [3.8, 4) is 23.0 Å². The zero-order chi connectivity index (χ0) is 21.7. The number of hydrogen-bond donors (Lipinski definition) is 1. The minimum atomic E-state index is -0.217. The van der Waals surface area contributed by atoms with E-state index in [0.29, 0.717) is 41.3 Å². The molecule has 30 heavy (non-hydrogen) atoms. The van der Waals surface area contributed by atoms with Crippen molar-refractivity contribution in [3.05, 3.63) is 52.1 Å². The van der Waals surface area contributed by atoms with Crippen LogP contribution in [0.3, 0.4) is 0 Å². The van der Waals surface area contributed by atoms with E-state index < -0.39 is 0 Å². The Hall–Kier alpha value is -3.26. The zero-order valence-corrected chi connectivity index (χ0v) is 17.9. The standard InChI is InChI=1S/C22H27N3O5/c1-6-25(12-14-9-15(27-2)7-8-18(14)28-3)13-21-23-17-11-20(30-5)19(29-4)10-16(17)22(26)24-21/h7-11H,6,12-13H2,1-5H3,(H,23,24,26). The van der Waals surface area contributed by atoms with Gasteiger partial charge in [0.25, 0.3) is 5.56 Å². The summed E-state index contributed by atoms with van der Waals surface area (Å²) >= 11 is 0. The summed E-state index contributed by atoms with van der Waals surface area (Å²) in [6.07, 6.45) is 0. The van der Waals surface area contributed by atoms with Crippen molar-refractivity contribution in [3.63, 3.8) is 0 Å². The number of fused-ring (bicyclic) bond motifs is 1. The molecule has 1 aromatic heterocycles. The van der Waals surface area contributed by atoms with Crippen LogP contribution in [0, 0.1) is 0 Å². The molecule has 0 saturated carbocycles. The molecule has 0 bridgehead atoms. The molecule has 0 amide bonds. The molecule has 0 unspecified atom stereocenters. The summed E-state index contributed by atoms with van der Waals surface area (Å²) in [6, 6.07) is 9.06. The van der Waals surface area contributed by atoms with Gasteiger partial charge < -0.3 is 23.9 Å². The van der Waals surface area contributed by atoms with Gasteiger partial charge in [-0.25, -0.2) is 4.98 Å². The second-order valence-corrected chi connectivity index (χ2v) is 6.72. The molecule has 3 aromatic rings. The van der Waals surface area contributed by atoms with E-state index in [2.05, 4.69) is 21.8 Å². The molecule has 1 heterocycles. The van der Waals surface area contributed by atoms with Gasteiger partial charge in [0, 0.05) is 18.2 Å². The van der Waals surface area contributed by atoms with Gasteiger partial charge in [-0.2, -0.15) is 0 Å². The van der Waals surface area contributed by atoms with Crippen LogP contribution in [-0.4, -0.2) is 49.9 Å². The maximum Gasteiger partial charge on any atom is 0.258 e. The molecule has 0 aliphatic heterocycles. The smallest absolute Gasteiger partial charge is 0.258 e. The molecule has 3 rings (SSSR count). The number of aromatic amines is 1. The highest BCUT2D eigenvalue weighted by Crippen LogP contribution is 2.30. The van der Waals surface area contributed by atoms with E-state index in [9.17, 15) is 4.79 Å². The lowest BCUT2D eigenvalue weighted by molar-refractivity contribution is 0.259. The predicted octanol–water partition coefficient (Wildman–Crippen LogP) is 2.98. The van der Waals surface area contributed by atoms with Gasteiger partial charge in [0.2, 0.25) is 0 Å². The molecule has 0 radical (unpaired) electrons. The minimum absolute atomic E-state index is 0.217. The van der Waals surface area contributed by atoms with Crippen LogP contribution in [0.2, 0.25) is 0 Å². The second-order valence-electron chi connectivity index (χ2n) is 6.72. The fourth-order valence-corrected chi connectivity index (χ4v) is 3.33. The number of ether oxygens (including phenoxy) is 4. The van der Waals surface area contributed by atoms with Crippen molar-refractivity contribution < 1.29 is 18.9 Å². The monoisotopic (exact) mass is 413 g/mol. The average Bonchev–Trinajstić information content (AvgIpc) is 2.77. The van der Waals surface area contributed by atoms with Gasteiger partial charge in [-0.05, 0) is 30.8 Å². The van der Waals surface area contributed by atoms with E-state index in [-0.39, 0.29) is 5.56 Å². The summed E-state index contributed by atoms with van der Waals surface area (Å²) in [6.45, 7) is 3.90. The summed E-state index contributed by atoms with van der Waals surface area (Å²) in [4.78, 5) is 22.3. The fraction of sp³-hybridized carbons (Fsp3) is 0.364. The Morgan fingerprint density at radius 3 is 2.23 bits per heavy atom. The Morgan fingerprint density at radius 2 is 1.60 bits per heavy atom. The first-order chi connectivity index (χ1) is 14.5. The number of H-pyrrole nitrogens is 1. The lowest BCUT2D eigenvalue weighted by Crippen LogP contribution is -2.25. The van der Waals surface area contributed by atoms with Crippen molar-refractivity contribution in [2.24, 2.45) is 0 Å². The largest absolute Gasteiger partial charge is 0.497 e. The Balaban J connectivity index is 1.91. The van der Waals surface area contributed by atoms with Crippen LogP contribution in [0.25, 0.3) is 10.9 Å². The predicted molar refractivity (Wildman–Crippen MR) is 115 cm³/mol. The molecule has 160 valence electrons. The third-order valence-electron chi connectivity index (χ3n) is 4.96. The molecule has 0 saturated heterocycles. The molecule has 8 nitrogen and oxygen atoms in total. The summed E-state index contributed by atoms with van der Waals surface area (Å²) in [5.41, 5.74) is 1.33. The van der Waals surface area contributed by atoms with E-state index in [1.807, 2.05) is 18.2 Å². The van der Waals surface area contributed by atoms with Crippen molar-refractivity contribution in [1.29, 1.82) is 0 Å². The third-order valence-corrected chi connectivity index (χ3v) is 4.96. The van der Waals surface area contributed by atoms with Gasteiger partial charge in [-0.15, -0.1) is 0 Å². The first-order valence-corrected chi connectivity index (χ1v) is 9.61. The van der Waals surface area contributed by atoms with Crippen molar-refractivity contribution in [2.75, 3.05) is 35.0 Å². The molecule has 0 aliphatic rings. The molecule has 0 spiro atoms. The summed E-state index contributed by atoms with van der Waals surface area (Å²) in [5.74, 6) is 3.14. The van der Waals surface area contributed by atoms with Gasteiger partial charge in [-0.1, -0.05) is 6.92 Å². The van der Waals surface area contributed by atoms with Crippen molar-refractivity contribution in [2.45, 2.75) is 20.0 Å². The number of hydrogen-bond acceptors (Lipinski definition) is 7. The Kier molecular flexibility index (Phi) is 6.79. The molecular formula is C22H27N3O5. The van der Waals surface area contributed by atoms with Gasteiger partial charge in [0.05, 0.1) is 45.9 Å². The lowest BCUT2D eigenvalue weighted by atomic mass is 10.1. The topological polar surface area (TPSA) is 85.9 Å². The fourth-order valence-electron chi connectivity index (χ4n) is 3.33. The maximum atomic E-state index is 12.6. The van der Waals surface area contributed by atoms with E-state index in [1.54, 1.807) is 33.5 Å². The Morgan fingerprint density at radius 1 is 0.900 bits per heavy atom. The highest BCUT2D eigenvalue weighted by molar-refractivity contribution is 5.81. The lowest BCUT2D eigenvalue weighted by Gasteiger charge is -2.21. The number of nitrogens with zero attached hydrogens (tertiary/aromatic N) is 2. The SMILES string of the molecule is CCN(Cc1nc2cc(OC)c(OC)cc2c(=O)[nH]1)Cc1cc(OC)ccc1OC. The average molecular weight is 413 g/mol. The number of methoxy groups -OCH3 is 4. The molecule has 0 fully saturated rings. The van der Waals surface area contributed by atoms with Crippen molar-refractivity contribution in [1.82, 2.24) is 14.9 Å². The van der Waals surface area contributed by atoms with E-state index in [1.165, 1.54) is 7.11 Å². The summed E-state index contributed by atoms with van der Waals surface area (Å²) in [7, 11) is 6.37. The normalized spacial score (nSPS) is 11.0. The van der Waals surface area contributed by atoms with Crippen LogP contribution in [-0.2, 0) is 13.1 Å². The number of rotatable bonds is 9. The maximum absolute atomic E-state index is 12.6. The second kappa shape index (κ2) is 9.49. The van der Waals surface area contributed by atoms with Crippen LogP contribution in [0.1, 0.15) is 18.3 Å². The van der Waals surface area contributed by atoms with E-state index in [0.717, 1.165) is 23.6 Å². The zero-order valence-electron chi connectivity index (χ0n) is 17.9. The van der Waals surface area contributed by atoms with Gasteiger partial charge >= 0.3 is 0 Å². The van der Waals surface area contributed by atoms with Gasteiger partial charge in [-0.3, -0.25) is 9.69 Å². The first-order valence-electron chi connectivity index (χ1n) is 9.61. The van der Waals surface area contributed by atoms with Crippen molar-refractivity contribution >= 4 is 10.9 Å². The van der Waals surface area contributed by atoms with Gasteiger partial charge in [0.1, 0.15) is 17.3 Å². The highest BCUT2D eigenvalue weighted by Gasteiger charge is 2.14. The van der Waals surface area contributed by atoms with Crippen LogP contribution >= 0.6 is 0 Å². The number of benzene rings is 2. The van der Waals surface area contributed by atoms with Crippen LogP contribution < -0.4 is 24.5 Å². The van der Waals surface area contributed by atoms with E-state index >= 15 is 0 Å². The molecule has 8 heteroatoms. The Bertz CT molecular complexity index is 1080. The molecular weight excluding hydrogens is 386 g/mol. The molecule has 2 aromatic carbocycles. The number of nitrogens with one attached hydrogen (secondary N) is 1. The molecule has 1 N–H and O–H groups in total. The third kappa shape index (κ3) is 4.49.